The lowest BCUT2D eigenvalue weighted by Crippen LogP contribution is -1.97. The SMILES string of the molecule is COc1c(O)cc(C(C)C)cc1CCC=O. The van der Waals surface area contributed by atoms with Crippen LogP contribution in [0.4, 0.5) is 0 Å². The summed E-state index contributed by atoms with van der Waals surface area (Å²) in [7, 11) is 1.52. The molecule has 3 nitrogen and oxygen atoms in total. The van der Waals surface area contributed by atoms with Crippen molar-refractivity contribution in [3.63, 3.8) is 0 Å². The van der Waals surface area contributed by atoms with Crippen molar-refractivity contribution in [3.05, 3.63) is 23.3 Å². The van der Waals surface area contributed by atoms with Crippen LogP contribution >= 0.6 is 0 Å². The largest absolute Gasteiger partial charge is 0.504 e. The van der Waals surface area contributed by atoms with E-state index in [4.69, 9.17) is 4.74 Å². The molecule has 0 saturated heterocycles. The van der Waals surface area contributed by atoms with Crippen molar-refractivity contribution in [1.29, 1.82) is 0 Å². The minimum Gasteiger partial charge on any atom is -0.504 e. The van der Waals surface area contributed by atoms with Gasteiger partial charge < -0.3 is 14.6 Å². The Labute approximate surface area is 96.1 Å². The molecule has 0 heterocycles. The minimum absolute atomic E-state index is 0.148. The van der Waals surface area contributed by atoms with Gasteiger partial charge in [0.15, 0.2) is 11.5 Å². The summed E-state index contributed by atoms with van der Waals surface area (Å²) in [5, 5.41) is 9.81. The van der Waals surface area contributed by atoms with Crippen LogP contribution < -0.4 is 4.74 Å². The summed E-state index contributed by atoms with van der Waals surface area (Å²) >= 11 is 0. The molecule has 0 aliphatic carbocycles. The molecule has 0 bridgehead atoms. The van der Waals surface area contributed by atoms with Crippen molar-refractivity contribution in [2.75, 3.05) is 7.11 Å². The predicted octanol–water partition coefficient (Wildman–Crippen LogP) is 2.66. The zero-order chi connectivity index (χ0) is 12.1. The molecule has 0 amide bonds. The molecule has 1 aromatic carbocycles. The van der Waals surface area contributed by atoms with Crippen LogP contribution in [0.15, 0.2) is 12.1 Å². The Kier molecular flexibility index (Phi) is 4.35. The van der Waals surface area contributed by atoms with Crippen LogP contribution in [-0.2, 0) is 11.2 Å². The lowest BCUT2D eigenvalue weighted by Gasteiger charge is -2.14. The maximum absolute atomic E-state index is 10.4. The van der Waals surface area contributed by atoms with Crippen molar-refractivity contribution in [2.45, 2.75) is 32.6 Å². The van der Waals surface area contributed by atoms with E-state index in [0.717, 1.165) is 17.4 Å². The van der Waals surface area contributed by atoms with Crippen LogP contribution in [-0.4, -0.2) is 18.5 Å². The number of ether oxygens (including phenoxy) is 1. The molecule has 1 aromatic rings. The highest BCUT2D eigenvalue weighted by Gasteiger charge is 2.12. The summed E-state index contributed by atoms with van der Waals surface area (Å²) in [4.78, 5) is 10.4. The number of aromatic hydroxyl groups is 1. The van der Waals surface area contributed by atoms with E-state index < -0.39 is 0 Å². The second kappa shape index (κ2) is 5.54. The summed E-state index contributed by atoms with van der Waals surface area (Å²) in [5.41, 5.74) is 1.94. The molecule has 0 fully saturated rings. The van der Waals surface area contributed by atoms with E-state index >= 15 is 0 Å². The number of aldehydes is 1. The third-order valence-electron chi connectivity index (χ3n) is 2.57. The second-order valence-corrected chi connectivity index (χ2v) is 4.09. The molecular weight excluding hydrogens is 204 g/mol. The number of phenols is 1. The molecule has 1 rings (SSSR count). The van der Waals surface area contributed by atoms with Crippen molar-refractivity contribution in [1.82, 2.24) is 0 Å². The van der Waals surface area contributed by atoms with Crippen molar-refractivity contribution >= 4 is 6.29 Å². The third kappa shape index (κ3) is 2.75. The summed E-state index contributed by atoms with van der Waals surface area (Å²) in [5.74, 6) is 0.965. The molecule has 16 heavy (non-hydrogen) atoms. The Hall–Kier alpha value is -1.51. The Bertz CT molecular complexity index is 370. The summed E-state index contributed by atoms with van der Waals surface area (Å²) in [6, 6.07) is 3.71. The van der Waals surface area contributed by atoms with Gasteiger partial charge >= 0.3 is 0 Å². The van der Waals surface area contributed by atoms with Gasteiger partial charge in [0.2, 0.25) is 0 Å². The Morgan fingerprint density at radius 3 is 2.62 bits per heavy atom. The van der Waals surface area contributed by atoms with E-state index in [-0.39, 0.29) is 5.75 Å². The summed E-state index contributed by atoms with van der Waals surface area (Å²) in [6.07, 6.45) is 1.91. The Morgan fingerprint density at radius 2 is 2.12 bits per heavy atom. The average molecular weight is 222 g/mol. The summed E-state index contributed by atoms with van der Waals surface area (Å²) < 4.78 is 5.14. The third-order valence-corrected chi connectivity index (χ3v) is 2.57. The van der Waals surface area contributed by atoms with Crippen LogP contribution in [0.5, 0.6) is 11.5 Å². The van der Waals surface area contributed by atoms with E-state index in [1.165, 1.54) is 7.11 Å². The van der Waals surface area contributed by atoms with Gasteiger partial charge in [-0.3, -0.25) is 0 Å². The zero-order valence-electron chi connectivity index (χ0n) is 9.99. The molecule has 0 aliphatic rings. The highest BCUT2D eigenvalue weighted by atomic mass is 16.5. The van der Waals surface area contributed by atoms with Crippen molar-refractivity contribution < 1.29 is 14.6 Å². The zero-order valence-corrected chi connectivity index (χ0v) is 9.99. The number of benzene rings is 1. The fourth-order valence-corrected chi connectivity index (χ4v) is 1.67. The second-order valence-electron chi connectivity index (χ2n) is 4.09. The van der Waals surface area contributed by atoms with Crippen LogP contribution in [0.1, 0.15) is 37.3 Å². The number of carbonyl (C=O) groups excluding carboxylic acids is 1. The number of phenolic OH excluding ortho intramolecular Hbond substituents is 1. The quantitative estimate of drug-likeness (QED) is 0.779. The average Bonchev–Trinajstić information content (AvgIpc) is 2.25. The maximum atomic E-state index is 10.4. The number of aryl methyl sites for hydroxylation is 1. The number of rotatable bonds is 5. The summed E-state index contributed by atoms with van der Waals surface area (Å²) in [6.45, 7) is 4.12. The molecule has 0 spiro atoms. The first-order valence-electron chi connectivity index (χ1n) is 5.43. The molecule has 1 N–H and O–H groups in total. The van der Waals surface area contributed by atoms with E-state index in [0.29, 0.717) is 24.5 Å². The smallest absolute Gasteiger partial charge is 0.163 e. The van der Waals surface area contributed by atoms with Gasteiger partial charge in [0.1, 0.15) is 6.29 Å². The predicted molar refractivity (Wildman–Crippen MR) is 63.1 cm³/mol. The monoisotopic (exact) mass is 222 g/mol. The Morgan fingerprint density at radius 1 is 1.44 bits per heavy atom. The molecule has 0 aromatic heterocycles. The molecule has 0 saturated carbocycles. The molecule has 3 heteroatoms. The van der Waals surface area contributed by atoms with Crippen LogP contribution in [0.2, 0.25) is 0 Å². The maximum Gasteiger partial charge on any atom is 0.163 e. The lowest BCUT2D eigenvalue weighted by atomic mass is 9.97. The van der Waals surface area contributed by atoms with Gasteiger partial charge in [-0.05, 0) is 29.5 Å². The van der Waals surface area contributed by atoms with Crippen LogP contribution in [0, 0.1) is 0 Å². The molecule has 0 atom stereocenters. The van der Waals surface area contributed by atoms with Crippen LogP contribution in [0.3, 0.4) is 0 Å². The van der Waals surface area contributed by atoms with E-state index in [1.54, 1.807) is 6.07 Å². The molecular formula is C13H18O3. The highest BCUT2D eigenvalue weighted by molar-refractivity contribution is 5.54. The topological polar surface area (TPSA) is 46.5 Å². The minimum atomic E-state index is 0.148. The fourth-order valence-electron chi connectivity index (χ4n) is 1.67. The first kappa shape index (κ1) is 12.6. The fraction of sp³-hybridized carbons (Fsp3) is 0.462. The van der Waals surface area contributed by atoms with Gasteiger partial charge in [-0.15, -0.1) is 0 Å². The van der Waals surface area contributed by atoms with E-state index in [1.807, 2.05) is 6.07 Å². The first-order chi connectivity index (χ1) is 7.60. The molecule has 88 valence electrons. The van der Waals surface area contributed by atoms with Crippen molar-refractivity contribution in [3.8, 4) is 11.5 Å². The normalized spacial score (nSPS) is 10.5. The number of hydrogen-bond donors (Lipinski definition) is 1. The molecule has 0 radical (unpaired) electrons. The lowest BCUT2D eigenvalue weighted by molar-refractivity contribution is -0.107. The van der Waals surface area contributed by atoms with Crippen LogP contribution in [0.25, 0.3) is 0 Å². The van der Waals surface area contributed by atoms with E-state index in [2.05, 4.69) is 13.8 Å². The van der Waals surface area contributed by atoms with Crippen molar-refractivity contribution in [2.24, 2.45) is 0 Å². The van der Waals surface area contributed by atoms with Gasteiger partial charge in [-0.2, -0.15) is 0 Å². The Balaban J connectivity index is 3.13. The number of methoxy groups -OCH3 is 1. The van der Waals surface area contributed by atoms with Gasteiger partial charge in [0.25, 0.3) is 0 Å². The van der Waals surface area contributed by atoms with E-state index in [9.17, 15) is 9.90 Å². The van der Waals surface area contributed by atoms with Gasteiger partial charge in [0, 0.05) is 6.42 Å². The van der Waals surface area contributed by atoms with Gasteiger partial charge in [0.05, 0.1) is 7.11 Å². The standard InChI is InChI=1S/C13H18O3/c1-9(2)11-7-10(5-4-6-14)13(16-3)12(15)8-11/h6-9,15H,4-5H2,1-3H3. The van der Waals surface area contributed by atoms with Gasteiger partial charge in [-0.25, -0.2) is 0 Å². The first-order valence-corrected chi connectivity index (χ1v) is 5.43. The molecule has 0 aliphatic heterocycles. The number of carbonyl (C=O) groups is 1. The highest BCUT2D eigenvalue weighted by Crippen LogP contribution is 2.34. The van der Waals surface area contributed by atoms with Gasteiger partial charge in [-0.1, -0.05) is 19.9 Å². The molecule has 0 unspecified atom stereocenters. The number of hydrogen-bond acceptors (Lipinski definition) is 3.